The second-order valence-electron chi connectivity index (χ2n) is 3.60. The van der Waals surface area contributed by atoms with E-state index in [-0.39, 0.29) is 0 Å². The van der Waals surface area contributed by atoms with Crippen LogP contribution in [0.1, 0.15) is 19.0 Å². The first-order chi connectivity index (χ1) is 7.31. The van der Waals surface area contributed by atoms with Gasteiger partial charge >= 0.3 is 0 Å². The highest BCUT2D eigenvalue weighted by molar-refractivity contribution is 5.45. The predicted molar refractivity (Wildman–Crippen MR) is 62.0 cm³/mol. The fraction of sp³-hybridized carbons (Fsp3) is 0.250. The summed E-state index contributed by atoms with van der Waals surface area (Å²) in [6, 6.07) is 7.84. The molecule has 0 aliphatic carbocycles. The lowest BCUT2D eigenvalue weighted by Gasteiger charge is -2.07. The quantitative estimate of drug-likeness (QED) is 0.775. The summed E-state index contributed by atoms with van der Waals surface area (Å²) < 4.78 is 2.10. The average Bonchev–Trinajstić information content (AvgIpc) is 2.68. The molecule has 78 valence electrons. The number of aryl methyl sites for hydroxylation is 1. The van der Waals surface area contributed by atoms with E-state index in [9.17, 15) is 0 Å². The maximum absolute atomic E-state index is 5.65. The average molecular weight is 201 g/mol. The molecule has 0 saturated carbocycles. The van der Waals surface area contributed by atoms with E-state index >= 15 is 0 Å². The van der Waals surface area contributed by atoms with Crippen molar-refractivity contribution in [3.8, 4) is 5.69 Å². The lowest BCUT2D eigenvalue weighted by molar-refractivity contribution is 0.843. The summed E-state index contributed by atoms with van der Waals surface area (Å²) in [5.74, 6) is 0. The number of nitrogens with zero attached hydrogens (tertiary/aromatic N) is 2. The maximum atomic E-state index is 5.65. The van der Waals surface area contributed by atoms with Crippen LogP contribution in [0.25, 0.3) is 5.69 Å². The summed E-state index contributed by atoms with van der Waals surface area (Å²) in [4.78, 5) is 4.17. The minimum Gasteiger partial charge on any atom is -0.399 e. The zero-order valence-corrected chi connectivity index (χ0v) is 8.85. The van der Waals surface area contributed by atoms with Crippen molar-refractivity contribution in [3.05, 3.63) is 42.5 Å². The van der Waals surface area contributed by atoms with Crippen LogP contribution in [0.5, 0.6) is 0 Å². The van der Waals surface area contributed by atoms with Crippen molar-refractivity contribution >= 4 is 5.69 Å². The van der Waals surface area contributed by atoms with Gasteiger partial charge in [-0.1, -0.05) is 13.3 Å². The standard InChI is InChI=1S/C12H15N3/c1-2-3-12-8-14-9-15(12)11-6-4-10(13)5-7-11/h4-9H,2-3,13H2,1H3. The number of nitrogens with two attached hydrogens (primary N) is 1. The first-order valence-electron chi connectivity index (χ1n) is 5.18. The van der Waals surface area contributed by atoms with Gasteiger partial charge in [0.25, 0.3) is 0 Å². The van der Waals surface area contributed by atoms with E-state index in [1.807, 2.05) is 36.8 Å². The third-order valence-corrected chi connectivity index (χ3v) is 2.39. The number of anilines is 1. The van der Waals surface area contributed by atoms with Crippen molar-refractivity contribution in [1.29, 1.82) is 0 Å². The van der Waals surface area contributed by atoms with Gasteiger partial charge in [0.1, 0.15) is 0 Å². The molecule has 0 radical (unpaired) electrons. The van der Waals surface area contributed by atoms with E-state index in [0.717, 1.165) is 24.2 Å². The van der Waals surface area contributed by atoms with Gasteiger partial charge in [0.05, 0.1) is 6.33 Å². The Bertz CT molecular complexity index is 428. The third-order valence-electron chi connectivity index (χ3n) is 2.39. The number of hydrogen-bond acceptors (Lipinski definition) is 2. The summed E-state index contributed by atoms with van der Waals surface area (Å²) in [5, 5.41) is 0. The molecule has 2 N–H and O–H groups in total. The van der Waals surface area contributed by atoms with E-state index in [0.29, 0.717) is 0 Å². The SMILES string of the molecule is CCCc1cncn1-c1ccc(N)cc1. The van der Waals surface area contributed by atoms with Crippen LogP contribution < -0.4 is 5.73 Å². The molecule has 2 aromatic rings. The van der Waals surface area contributed by atoms with Gasteiger partial charge in [-0.15, -0.1) is 0 Å². The molecule has 0 fully saturated rings. The lowest BCUT2D eigenvalue weighted by Crippen LogP contribution is -1.98. The van der Waals surface area contributed by atoms with Gasteiger partial charge in [-0.05, 0) is 30.7 Å². The van der Waals surface area contributed by atoms with Gasteiger partial charge in [-0.3, -0.25) is 0 Å². The summed E-state index contributed by atoms with van der Waals surface area (Å²) in [5.41, 5.74) is 8.79. The smallest absolute Gasteiger partial charge is 0.0994 e. The van der Waals surface area contributed by atoms with Crippen molar-refractivity contribution in [3.63, 3.8) is 0 Å². The van der Waals surface area contributed by atoms with E-state index in [2.05, 4.69) is 16.5 Å². The fourth-order valence-corrected chi connectivity index (χ4v) is 1.63. The normalized spacial score (nSPS) is 10.5. The molecular weight excluding hydrogens is 186 g/mol. The largest absolute Gasteiger partial charge is 0.399 e. The Morgan fingerprint density at radius 3 is 2.67 bits per heavy atom. The molecule has 15 heavy (non-hydrogen) atoms. The molecule has 1 aromatic carbocycles. The first kappa shape index (κ1) is 9.77. The van der Waals surface area contributed by atoms with E-state index in [1.165, 1.54) is 5.69 Å². The maximum Gasteiger partial charge on any atom is 0.0994 e. The molecule has 0 amide bonds. The molecule has 2 rings (SSSR count). The topological polar surface area (TPSA) is 43.8 Å². The Labute approximate surface area is 89.6 Å². The molecule has 0 bridgehead atoms. The number of rotatable bonds is 3. The van der Waals surface area contributed by atoms with Crippen LogP contribution in [0.15, 0.2) is 36.8 Å². The molecule has 3 nitrogen and oxygen atoms in total. The third kappa shape index (κ3) is 2.01. The zero-order chi connectivity index (χ0) is 10.7. The first-order valence-corrected chi connectivity index (χ1v) is 5.18. The van der Waals surface area contributed by atoms with Crippen LogP contribution in [-0.4, -0.2) is 9.55 Å². The summed E-state index contributed by atoms with van der Waals surface area (Å²) in [6.45, 7) is 2.17. The molecule has 0 unspecified atom stereocenters. The van der Waals surface area contributed by atoms with Crippen molar-refractivity contribution in [2.75, 3.05) is 5.73 Å². The van der Waals surface area contributed by atoms with Crippen molar-refractivity contribution < 1.29 is 0 Å². The van der Waals surface area contributed by atoms with Gasteiger partial charge < -0.3 is 10.3 Å². The van der Waals surface area contributed by atoms with Gasteiger partial charge in [0.2, 0.25) is 0 Å². The van der Waals surface area contributed by atoms with Gasteiger partial charge in [0, 0.05) is 23.3 Å². The molecule has 1 heterocycles. The molecule has 0 atom stereocenters. The number of benzene rings is 1. The van der Waals surface area contributed by atoms with Crippen LogP contribution in [0, 0.1) is 0 Å². The molecule has 0 aliphatic rings. The Kier molecular flexibility index (Phi) is 2.72. The van der Waals surface area contributed by atoms with Crippen molar-refractivity contribution in [1.82, 2.24) is 9.55 Å². The lowest BCUT2D eigenvalue weighted by atomic mass is 10.2. The summed E-state index contributed by atoms with van der Waals surface area (Å²) in [6.07, 6.45) is 5.93. The molecule has 1 aromatic heterocycles. The number of nitrogen functional groups attached to an aromatic ring is 1. The highest BCUT2D eigenvalue weighted by Crippen LogP contribution is 2.14. The molecule has 0 aliphatic heterocycles. The summed E-state index contributed by atoms with van der Waals surface area (Å²) >= 11 is 0. The van der Waals surface area contributed by atoms with E-state index in [1.54, 1.807) is 0 Å². The molecule has 0 saturated heterocycles. The molecule has 3 heteroatoms. The van der Waals surface area contributed by atoms with E-state index < -0.39 is 0 Å². The fourth-order valence-electron chi connectivity index (χ4n) is 1.63. The Morgan fingerprint density at radius 1 is 1.27 bits per heavy atom. The number of aromatic nitrogens is 2. The van der Waals surface area contributed by atoms with Crippen molar-refractivity contribution in [2.45, 2.75) is 19.8 Å². The molecular formula is C12H15N3. The highest BCUT2D eigenvalue weighted by Gasteiger charge is 2.02. The minimum atomic E-state index is 0.788. The monoisotopic (exact) mass is 201 g/mol. The van der Waals surface area contributed by atoms with Crippen LogP contribution in [0.4, 0.5) is 5.69 Å². The van der Waals surface area contributed by atoms with Crippen LogP contribution in [-0.2, 0) is 6.42 Å². The van der Waals surface area contributed by atoms with Crippen LogP contribution in [0.2, 0.25) is 0 Å². The van der Waals surface area contributed by atoms with Crippen LogP contribution >= 0.6 is 0 Å². The minimum absolute atomic E-state index is 0.788. The Morgan fingerprint density at radius 2 is 2.00 bits per heavy atom. The van der Waals surface area contributed by atoms with Crippen LogP contribution in [0.3, 0.4) is 0 Å². The molecule has 0 spiro atoms. The highest BCUT2D eigenvalue weighted by atomic mass is 15.0. The van der Waals surface area contributed by atoms with Gasteiger partial charge in [-0.25, -0.2) is 4.98 Å². The Balaban J connectivity index is 2.36. The predicted octanol–water partition coefficient (Wildman–Crippen LogP) is 2.41. The summed E-state index contributed by atoms with van der Waals surface area (Å²) in [7, 11) is 0. The van der Waals surface area contributed by atoms with Gasteiger partial charge in [0.15, 0.2) is 0 Å². The van der Waals surface area contributed by atoms with Gasteiger partial charge in [-0.2, -0.15) is 0 Å². The van der Waals surface area contributed by atoms with E-state index in [4.69, 9.17) is 5.73 Å². The zero-order valence-electron chi connectivity index (χ0n) is 8.85. The second-order valence-corrected chi connectivity index (χ2v) is 3.60. The second kappa shape index (κ2) is 4.17. The number of imidazole rings is 1. The van der Waals surface area contributed by atoms with Crippen molar-refractivity contribution in [2.24, 2.45) is 0 Å². The number of hydrogen-bond donors (Lipinski definition) is 1. The Hall–Kier alpha value is -1.77.